The summed E-state index contributed by atoms with van der Waals surface area (Å²) in [5.74, 6) is 0.620. The molecule has 15 heavy (non-hydrogen) atoms. The van der Waals surface area contributed by atoms with E-state index in [1.165, 1.54) is 0 Å². The lowest BCUT2D eigenvalue weighted by atomic mass is 10.2. The molecule has 2 rings (SSSR count). The minimum absolute atomic E-state index is 0.108. The molecule has 0 spiro atoms. The maximum absolute atomic E-state index is 5.70. The summed E-state index contributed by atoms with van der Waals surface area (Å²) < 4.78 is 1.10. The van der Waals surface area contributed by atoms with Gasteiger partial charge < -0.3 is 5.73 Å². The third kappa shape index (κ3) is 2.54. The number of benzene rings is 1. The van der Waals surface area contributed by atoms with Crippen LogP contribution < -0.4 is 5.73 Å². The first-order valence-corrected chi connectivity index (χ1v) is 5.54. The van der Waals surface area contributed by atoms with Gasteiger partial charge in [0.25, 0.3) is 0 Å². The van der Waals surface area contributed by atoms with Crippen LogP contribution in [0.5, 0.6) is 0 Å². The van der Waals surface area contributed by atoms with Crippen molar-refractivity contribution in [3.8, 4) is 11.4 Å². The molecule has 1 aromatic heterocycles. The van der Waals surface area contributed by atoms with Gasteiger partial charge in [0.15, 0.2) is 5.82 Å². The number of nitrogen functional groups attached to an aromatic ring is 1. The van der Waals surface area contributed by atoms with Gasteiger partial charge in [-0.05, 0) is 46.3 Å². The quantitative estimate of drug-likeness (QED) is 0.814. The number of halogens is 2. The zero-order chi connectivity index (χ0) is 10.8. The molecule has 1 heterocycles. The van der Waals surface area contributed by atoms with Gasteiger partial charge in [0.05, 0.1) is 0 Å². The third-order valence-corrected chi connectivity index (χ3v) is 2.55. The Labute approximate surface area is 105 Å². The molecule has 0 atom stereocenters. The van der Waals surface area contributed by atoms with Gasteiger partial charge in [0, 0.05) is 9.13 Å². The summed E-state index contributed by atoms with van der Waals surface area (Å²) >= 11 is 7.91. The molecular formula is C9H6ClIN4. The molecule has 0 fully saturated rings. The van der Waals surface area contributed by atoms with Crippen molar-refractivity contribution in [3.63, 3.8) is 0 Å². The summed E-state index contributed by atoms with van der Waals surface area (Å²) in [5.41, 5.74) is 6.36. The van der Waals surface area contributed by atoms with E-state index in [0.29, 0.717) is 5.82 Å². The van der Waals surface area contributed by atoms with Crippen molar-refractivity contribution in [2.45, 2.75) is 0 Å². The molecule has 4 nitrogen and oxygen atoms in total. The van der Waals surface area contributed by atoms with Crippen molar-refractivity contribution in [2.75, 3.05) is 5.73 Å². The number of anilines is 1. The van der Waals surface area contributed by atoms with Crippen LogP contribution in [0.1, 0.15) is 0 Å². The predicted octanol–water partition coefficient (Wildman–Crippen LogP) is 2.38. The molecule has 0 bridgehead atoms. The lowest BCUT2D eigenvalue weighted by molar-refractivity contribution is 1.07. The Balaban J connectivity index is 2.54. The van der Waals surface area contributed by atoms with E-state index in [1.807, 2.05) is 24.3 Å². The molecule has 0 amide bonds. The van der Waals surface area contributed by atoms with E-state index in [4.69, 9.17) is 17.3 Å². The molecular weight excluding hydrogens is 326 g/mol. The second-order valence-corrected chi connectivity index (χ2v) is 4.38. The van der Waals surface area contributed by atoms with Gasteiger partial charge in [0.1, 0.15) is 0 Å². The molecule has 0 aliphatic carbocycles. The van der Waals surface area contributed by atoms with Crippen molar-refractivity contribution in [1.82, 2.24) is 15.0 Å². The molecule has 76 valence electrons. The average Bonchev–Trinajstić information content (AvgIpc) is 2.16. The monoisotopic (exact) mass is 332 g/mol. The van der Waals surface area contributed by atoms with Gasteiger partial charge in [0.2, 0.25) is 11.2 Å². The lowest BCUT2D eigenvalue weighted by Crippen LogP contribution is -1.99. The third-order valence-electron chi connectivity index (χ3n) is 1.71. The van der Waals surface area contributed by atoms with E-state index in [9.17, 15) is 0 Å². The Morgan fingerprint density at radius 1 is 1.20 bits per heavy atom. The minimum Gasteiger partial charge on any atom is -0.368 e. The van der Waals surface area contributed by atoms with Crippen LogP contribution in [0, 0.1) is 3.57 Å². The molecule has 2 N–H and O–H groups in total. The lowest BCUT2D eigenvalue weighted by Gasteiger charge is -2.01. The number of hydrogen-bond donors (Lipinski definition) is 1. The highest BCUT2D eigenvalue weighted by Gasteiger charge is 2.05. The molecule has 0 unspecified atom stereocenters. The van der Waals surface area contributed by atoms with Gasteiger partial charge in [-0.2, -0.15) is 15.0 Å². The average molecular weight is 333 g/mol. The summed E-state index contributed by atoms with van der Waals surface area (Å²) in [5, 5.41) is 0.108. The second kappa shape index (κ2) is 4.28. The van der Waals surface area contributed by atoms with Crippen LogP contribution in [0.15, 0.2) is 24.3 Å². The number of hydrogen-bond acceptors (Lipinski definition) is 4. The summed E-state index contributed by atoms with van der Waals surface area (Å²) in [6.07, 6.45) is 0. The first kappa shape index (κ1) is 10.6. The van der Waals surface area contributed by atoms with Gasteiger partial charge in [-0.3, -0.25) is 0 Å². The molecule has 0 saturated heterocycles. The van der Waals surface area contributed by atoms with Crippen LogP contribution >= 0.6 is 34.2 Å². The van der Waals surface area contributed by atoms with Gasteiger partial charge in [-0.15, -0.1) is 0 Å². The SMILES string of the molecule is Nc1nc(Cl)nc(-c2cccc(I)c2)n1. The standard InChI is InChI=1S/C9H6ClIN4/c10-8-13-7(14-9(12)15-8)5-2-1-3-6(11)4-5/h1-4H,(H2,12,13,14,15). The van der Waals surface area contributed by atoms with E-state index >= 15 is 0 Å². The van der Waals surface area contributed by atoms with E-state index in [0.717, 1.165) is 9.13 Å². The number of nitrogens with two attached hydrogens (primary N) is 1. The summed E-state index contributed by atoms with van der Waals surface area (Å²) in [4.78, 5) is 11.7. The molecule has 0 radical (unpaired) electrons. The Bertz CT molecular complexity index is 483. The van der Waals surface area contributed by atoms with E-state index in [2.05, 4.69) is 37.5 Å². The Morgan fingerprint density at radius 3 is 2.67 bits per heavy atom. The molecule has 1 aromatic carbocycles. The highest BCUT2D eigenvalue weighted by atomic mass is 127. The zero-order valence-corrected chi connectivity index (χ0v) is 10.4. The van der Waals surface area contributed by atoms with E-state index in [-0.39, 0.29) is 11.2 Å². The van der Waals surface area contributed by atoms with Crippen molar-refractivity contribution in [3.05, 3.63) is 33.1 Å². The fourth-order valence-electron chi connectivity index (χ4n) is 1.12. The highest BCUT2D eigenvalue weighted by Crippen LogP contribution is 2.19. The van der Waals surface area contributed by atoms with Crippen LogP contribution in [0.2, 0.25) is 5.28 Å². The second-order valence-electron chi connectivity index (χ2n) is 2.80. The maximum atomic E-state index is 5.70. The van der Waals surface area contributed by atoms with E-state index < -0.39 is 0 Å². The van der Waals surface area contributed by atoms with Gasteiger partial charge in [-0.1, -0.05) is 12.1 Å². The number of nitrogens with zero attached hydrogens (tertiary/aromatic N) is 3. The van der Waals surface area contributed by atoms with Gasteiger partial charge in [-0.25, -0.2) is 0 Å². The zero-order valence-electron chi connectivity index (χ0n) is 7.48. The Hall–Kier alpha value is -0.950. The van der Waals surface area contributed by atoms with Crippen molar-refractivity contribution in [1.29, 1.82) is 0 Å². The summed E-state index contributed by atoms with van der Waals surface area (Å²) in [6.45, 7) is 0. The van der Waals surface area contributed by atoms with Crippen LogP contribution in [0.3, 0.4) is 0 Å². The number of rotatable bonds is 1. The van der Waals surface area contributed by atoms with Crippen molar-refractivity contribution >= 4 is 40.1 Å². The predicted molar refractivity (Wildman–Crippen MR) is 67.4 cm³/mol. The molecule has 0 saturated carbocycles. The maximum Gasteiger partial charge on any atom is 0.227 e. The first-order valence-electron chi connectivity index (χ1n) is 4.08. The molecule has 6 heteroatoms. The topological polar surface area (TPSA) is 64.7 Å². The van der Waals surface area contributed by atoms with Crippen LogP contribution in [-0.4, -0.2) is 15.0 Å². The van der Waals surface area contributed by atoms with Gasteiger partial charge >= 0.3 is 0 Å². The van der Waals surface area contributed by atoms with Crippen LogP contribution in [-0.2, 0) is 0 Å². The highest BCUT2D eigenvalue weighted by molar-refractivity contribution is 14.1. The first-order chi connectivity index (χ1) is 7.15. The van der Waals surface area contributed by atoms with Crippen molar-refractivity contribution < 1.29 is 0 Å². The fourth-order valence-corrected chi connectivity index (χ4v) is 1.83. The molecule has 0 aliphatic heterocycles. The van der Waals surface area contributed by atoms with Crippen molar-refractivity contribution in [2.24, 2.45) is 0 Å². The van der Waals surface area contributed by atoms with Crippen LogP contribution in [0.25, 0.3) is 11.4 Å². The van der Waals surface area contributed by atoms with Crippen LogP contribution in [0.4, 0.5) is 5.95 Å². The molecule has 0 aliphatic rings. The Morgan fingerprint density at radius 2 is 2.00 bits per heavy atom. The Kier molecular flexibility index (Phi) is 3.01. The number of aromatic nitrogens is 3. The smallest absolute Gasteiger partial charge is 0.227 e. The molecule has 2 aromatic rings. The summed E-state index contributed by atoms with van der Waals surface area (Å²) in [7, 11) is 0. The van der Waals surface area contributed by atoms with E-state index in [1.54, 1.807) is 0 Å². The largest absolute Gasteiger partial charge is 0.368 e. The fraction of sp³-hybridized carbons (Fsp3) is 0. The normalized spacial score (nSPS) is 10.3. The summed E-state index contributed by atoms with van der Waals surface area (Å²) in [6, 6.07) is 7.75. The minimum atomic E-state index is 0.108.